The largest absolute Gasteiger partial charge is 0.496 e. The van der Waals surface area contributed by atoms with E-state index in [1.165, 1.54) is 53.9 Å². The van der Waals surface area contributed by atoms with Gasteiger partial charge in [-0.05, 0) is 74.6 Å². The van der Waals surface area contributed by atoms with E-state index in [0.717, 1.165) is 32.1 Å². The smallest absolute Gasteiger partial charge is 0.261 e. The minimum atomic E-state index is -4.03. The highest BCUT2D eigenvalue weighted by atomic mass is 32.2. The Morgan fingerprint density at radius 1 is 0.824 bits per heavy atom. The Morgan fingerprint density at radius 3 is 2.03 bits per heavy atom. The standard InChI is InChI=1S/C23H29N3O6S2/c1-32-22-12-11-20(17-21(22)23(27)25-13-3-2-4-14-25)33(28,29)24-18-7-9-19(10-8-18)34(30,31)26-15-5-6-16-26/h7-12,17,24H,2-6,13-16H2,1H3. The first-order valence-electron chi connectivity index (χ1n) is 11.3. The number of benzene rings is 2. The van der Waals surface area contributed by atoms with Gasteiger partial charge in [-0.1, -0.05) is 0 Å². The number of nitrogens with one attached hydrogen (secondary N) is 1. The molecule has 34 heavy (non-hydrogen) atoms. The normalized spacial score (nSPS) is 17.5. The third-order valence-corrected chi connectivity index (χ3v) is 9.46. The molecule has 0 aliphatic carbocycles. The van der Waals surface area contributed by atoms with Crippen molar-refractivity contribution in [3.8, 4) is 5.75 Å². The van der Waals surface area contributed by atoms with Gasteiger partial charge in [-0.2, -0.15) is 4.31 Å². The van der Waals surface area contributed by atoms with Crippen molar-refractivity contribution in [2.45, 2.75) is 41.9 Å². The Hall–Kier alpha value is -2.63. The predicted octanol–water partition coefficient (Wildman–Crippen LogP) is 2.91. The number of methoxy groups -OCH3 is 1. The van der Waals surface area contributed by atoms with Gasteiger partial charge in [-0.15, -0.1) is 0 Å². The first-order chi connectivity index (χ1) is 16.2. The number of carbonyl (C=O) groups is 1. The first-order valence-corrected chi connectivity index (χ1v) is 14.2. The summed E-state index contributed by atoms with van der Waals surface area (Å²) in [5, 5.41) is 0. The quantitative estimate of drug-likeness (QED) is 0.617. The molecule has 184 valence electrons. The summed E-state index contributed by atoms with van der Waals surface area (Å²) in [6.07, 6.45) is 4.56. The summed E-state index contributed by atoms with van der Waals surface area (Å²) in [5.74, 6) is 0.0519. The van der Waals surface area contributed by atoms with E-state index in [9.17, 15) is 21.6 Å². The lowest BCUT2D eigenvalue weighted by Gasteiger charge is -2.27. The highest BCUT2D eigenvalue weighted by Crippen LogP contribution is 2.27. The lowest BCUT2D eigenvalue weighted by molar-refractivity contribution is 0.0720. The van der Waals surface area contributed by atoms with Crippen molar-refractivity contribution < 1.29 is 26.4 Å². The van der Waals surface area contributed by atoms with E-state index >= 15 is 0 Å². The maximum absolute atomic E-state index is 13.0. The molecule has 4 rings (SSSR count). The molecule has 0 saturated carbocycles. The van der Waals surface area contributed by atoms with Gasteiger partial charge < -0.3 is 9.64 Å². The van der Waals surface area contributed by atoms with Crippen LogP contribution in [0.3, 0.4) is 0 Å². The second kappa shape index (κ2) is 9.93. The first kappa shape index (κ1) is 24.5. The molecular weight excluding hydrogens is 478 g/mol. The van der Waals surface area contributed by atoms with Crippen LogP contribution in [0, 0.1) is 0 Å². The molecule has 0 unspecified atom stereocenters. The van der Waals surface area contributed by atoms with E-state index in [4.69, 9.17) is 4.74 Å². The third kappa shape index (κ3) is 5.06. The number of carbonyl (C=O) groups excluding carboxylic acids is 1. The van der Waals surface area contributed by atoms with Gasteiger partial charge in [0, 0.05) is 31.9 Å². The number of likely N-dealkylation sites (tertiary alicyclic amines) is 1. The highest BCUT2D eigenvalue weighted by Gasteiger charge is 2.28. The Balaban J connectivity index is 1.55. The maximum atomic E-state index is 13.0. The number of ether oxygens (including phenoxy) is 1. The molecule has 2 aliphatic heterocycles. The number of anilines is 1. The fourth-order valence-electron chi connectivity index (χ4n) is 4.28. The molecule has 9 nitrogen and oxygen atoms in total. The van der Waals surface area contributed by atoms with Crippen LogP contribution < -0.4 is 9.46 Å². The van der Waals surface area contributed by atoms with Gasteiger partial charge in [0.15, 0.2) is 0 Å². The van der Waals surface area contributed by atoms with Crippen molar-refractivity contribution >= 4 is 31.6 Å². The van der Waals surface area contributed by atoms with Crippen LogP contribution in [0.5, 0.6) is 5.75 Å². The summed E-state index contributed by atoms with van der Waals surface area (Å²) < 4.78 is 60.7. The van der Waals surface area contributed by atoms with Gasteiger partial charge in [0.1, 0.15) is 5.75 Å². The van der Waals surface area contributed by atoms with Crippen LogP contribution in [-0.2, 0) is 20.0 Å². The van der Waals surface area contributed by atoms with E-state index in [1.807, 2.05) is 0 Å². The molecule has 2 heterocycles. The van der Waals surface area contributed by atoms with Gasteiger partial charge in [0.05, 0.1) is 22.5 Å². The molecule has 2 aromatic rings. The van der Waals surface area contributed by atoms with Crippen LogP contribution in [0.1, 0.15) is 42.5 Å². The van der Waals surface area contributed by atoms with Crippen molar-refractivity contribution in [2.24, 2.45) is 0 Å². The lowest BCUT2D eigenvalue weighted by Crippen LogP contribution is -2.35. The number of piperidine rings is 1. The average Bonchev–Trinajstić information content (AvgIpc) is 3.40. The molecular formula is C23H29N3O6S2. The summed E-state index contributed by atoms with van der Waals surface area (Å²) in [6.45, 7) is 2.24. The fourth-order valence-corrected chi connectivity index (χ4v) is 6.88. The summed E-state index contributed by atoms with van der Waals surface area (Å²) in [7, 11) is -6.17. The van der Waals surface area contributed by atoms with Crippen molar-refractivity contribution in [1.82, 2.24) is 9.21 Å². The summed E-state index contributed by atoms with van der Waals surface area (Å²) in [6, 6.07) is 9.80. The van der Waals surface area contributed by atoms with Crippen molar-refractivity contribution in [3.05, 3.63) is 48.0 Å². The molecule has 0 atom stereocenters. The SMILES string of the molecule is COc1ccc(S(=O)(=O)Nc2ccc(S(=O)(=O)N3CCCC3)cc2)cc1C(=O)N1CCCCC1. The second-order valence-corrected chi connectivity index (χ2v) is 12.1. The number of amides is 1. The van der Waals surface area contributed by atoms with Crippen LogP contribution in [0.2, 0.25) is 0 Å². The molecule has 1 N–H and O–H groups in total. The number of sulfonamides is 2. The molecule has 2 fully saturated rings. The zero-order valence-electron chi connectivity index (χ0n) is 19.1. The molecule has 0 spiro atoms. The highest BCUT2D eigenvalue weighted by molar-refractivity contribution is 7.92. The number of nitrogens with zero attached hydrogens (tertiary/aromatic N) is 2. The minimum Gasteiger partial charge on any atom is -0.496 e. The van der Waals surface area contributed by atoms with Crippen LogP contribution in [-0.4, -0.2) is 65.2 Å². The summed E-state index contributed by atoms with van der Waals surface area (Å²) in [4.78, 5) is 14.8. The van der Waals surface area contributed by atoms with Gasteiger partial charge in [0.2, 0.25) is 10.0 Å². The average molecular weight is 508 g/mol. The molecule has 2 aromatic carbocycles. The third-order valence-electron chi connectivity index (χ3n) is 6.16. The molecule has 0 bridgehead atoms. The Morgan fingerprint density at radius 2 is 1.41 bits per heavy atom. The molecule has 2 saturated heterocycles. The van der Waals surface area contributed by atoms with Gasteiger partial charge in [-0.3, -0.25) is 9.52 Å². The Bertz CT molecular complexity index is 1250. The van der Waals surface area contributed by atoms with E-state index in [-0.39, 0.29) is 26.9 Å². The van der Waals surface area contributed by atoms with Crippen LogP contribution in [0.15, 0.2) is 52.3 Å². The lowest BCUT2D eigenvalue weighted by atomic mass is 10.1. The molecule has 0 radical (unpaired) electrons. The van der Waals surface area contributed by atoms with Crippen molar-refractivity contribution in [1.29, 1.82) is 0 Å². The number of hydrogen-bond acceptors (Lipinski definition) is 6. The van der Waals surface area contributed by atoms with Crippen LogP contribution >= 0.6 is 0 Å². The molecule has 0 aromatic heterocycles. The van der Waals surface area contributed by atoms with E-state index in [1.54, 1.807) is 4.90 Å². The van der Waals surface area contributed by atoms with Gasteiger partial charge in [-0.25, -0.2) is 16.8 Å². The Kier molecular flexibility index (Phi) is 7.15. The molecule has 11 heteroatoms. The van der Waals surface area contributed by atoms with Crippen molar-refractivity contribution in [3.63, 3.8) is 0 Å². The minimum absolute atomic E-state index is 0.0811. The van der Waals surface area contributed by atoms with Gasteiger partial charge >= 0.3 is 0 Å². The van der Waals surface area contributed by atoms with E-state index in [2.05, 4.69) is 4.72 Å². The predicted molar refractivity (Wildman–Crippen MR) is 128 cm³/mol. The topological polar surface area (TPSA) is 113 Å². The summed E-state index contributed by atoms with van der Waals surface area (Å²) in [5.41, 5.74) is 0.416. The van der Waals surface area contributed by atoms with Crippen LogP contribution in [0.25, 0.3) is 0 Å². The van der Waals surface area contributed by atoms with Crippen molar-refractivity contribution in [2.75, 3.05) is 38.0 Å². The van der Waals surface area contributed by atoms with Gasteiger partial charge in [0.25, 0.3) is 15.9 Å². The monoisotopic (exact) mass is 507 g/mol. The van der Waals surface area contributed by atoms with E-state index in [0.29, 0.717) is 31.9 Å². The Labute approximate surface area is 200 Å². The zero-order valence-corrected chi connectivity index (χ0v) is 20.7. The number of hydrogen-bond donors (Lipinski definition) is 1. The molecule has 1 amide bonds. The maximum Gasteiger partial charge on any atom is 0.261 e. The molecule has 2 aliphatic rings. The fraction of sp³-hybridized carbons (Fsp3) is 0.435. The second-order valence-electron chi connectivity index (χ2n) is 8.46. The number of rotatable bonds is 7. The van der Waals surface area contributed by atoms with E-state index < -0.39 is 20.0 Å². The zero-order chi connectivity index (χ0) is 24.3. The van der Waals surface area contributed by atoms with Crippen LogP contribution in [0.4, 0.5) is 5.69 Å². The summed E-state index contributed by atoms with van der Waals surface area (Å²) >= 11 is 0.